The number of amides is 2. The Morgan fingerprint density at radius 3 is 2.71 bits per heavy atom. The molecule has 1 rings (SSSR count). The summed E-state index contributed by atoms with van der Waals surface area (Å²) >= 11 is 0. The predicted molar refractivity (Wildman–Crippen MR) is 61.8 cm³/mol. The molecule has 0 bridgehead atoms. The van der Waals surface area contributed by atoms with Gasteiger partial charge in [-0.2, -0.15) is 0 Å². The molecule has 5 nitrogen and oxygen atoms in total. The van der Waals surface area contributed by atoms with Crippen molar-refractivity contribution in [1.82, 2.24) is 5.32 Å². The molecule has 0 spiro atoms. The molecule has 0 fully saturated rings. The summed E-state index contributed by atoms with van der Waals surface area (Å²) in [7, 11) is 0. The number of rotatable bonds is 3. The highest BCUT2D eigenvalue weighted by atomic mass is 19.1. The molecular formula is C11H14FN3O2. The first kappa shape index (κ1) is 13.1. The first-order valence-corrected chi connectivity index (χ1v) is 5.10. The van der Waals surface area contributed by atoms with Crippen molar-refractivity contribution in [3.8, 4) is 0 Å². The standard InChI is InChI=1S/C11H14FN3O2/c1-7-8(12)3-2-4-9(7)15-11(17)10(16)14-6-5-13/h2-4H,5-6,13H2,1H3,(H,14,16)(H,15,17). The van der Waals surface area contributed by atoms with E-state index < -0.39 is 17.6 Å². The zero-order valence-corrected chi connectivity index (χ0v) is 9.42. The van der Waals surface area contributed by atoms with Crippen LogP contribution >= 0.6 is 0 Å². The van der Waals surface area contributed by atoms with Crippen molar-refractivity contribution in [2.45, 2.75) is 6.92 Å². The number of hydrogen-bond donors (Lipinski definition) is 3. The number of hydrogen-bond acceptors (Lipinski definition) is 3. The summed E-state index contributed by atoms with van der Waals surface area (Å²) in [5.74, 6) is -2.07. The lowest BCUT2D eigenvalue weighted by molar-refractivity contribution is -0.136. The molecule has 1 aromatic rings. The summed E-state index contributed by atoms with van der Waals surface area (Å²) in [6.45, 7) is 1.98. The minimum Gasteiger partial charge on any atom is -0.347 e. The summed E-state index contributed by atoms with van der Waals surface area (Å²) < 4.78 is 13.2. The van der Waals surface area contributed by atoms with Crippen LogP contribution in [0.5, 0.6) is 0 Å². The van der Waals surface area contributed by atoms with Crippen LogP contribution in [0.15, 0.2) is 18.2 Å². The van der Waals surface area contributed by atoms with Crippen molar-refractivity contribution < 1.29 is 14.0 Å². The van der Waals surface area contributed by atoms with E-state index in [0.29, 0.717) is 0 Å². The van der Waals surface area contributed by atoms with Crippen molar-refractivity contribution in [2.24, 2.45) is 5.73 Å². The van der Waals surface area contributed by atoms with E-state index >= 15 is 0 Å². The monoisotopic (exact) mass is 239 g/mol. The third kappa shape index (κ3) is 3.53. The van der Waals surface area contributed by atoms with Gasteiger partial charge in [0.15, 0.2) is 0 Å². The maximum absolute atomic E-state index is 13.2. The van der Waals surface area contributed by atoms with Gasteiger partial charge in [-0.3, -0.25) is 9.59 Å². The molecule has 1 aromatic carbocycles. The van der Waals surface area contributed by atoms with E-state index in [-0.39, 0.29) is 24.3 Å². The van der Waals surface area contributed by atoms with Gasteiger partial charge >= 0.3 is 11.8 Å². The fourth-order valence-electron chi connectivity index (χ4n) is 1.19. The second-order valence-electron chi connectivity index (χ2n) is 3.41. The average molecular weight is 239 g/mol. The average Bonchev–Trinajstić information content (AvgIpc) is 2.31. The normalized spacial score (nSPS) is 9.82. The van der Waals surface area contributed by atoms with Crippen LogP contribution in [0.1, 0.15) is 5.56 Å². The number of halogens is 1. The highest BCUT2D eigenvalue weighted by molar-refractivity contribution is 6.39. The number of benzene rings is 1. The van der Waals surface area contributed by atoms with Gasteiger partial charge in [-0.05, 0) is 19.1 Å². The van der Waals surface area contributed by atoms with Crippen LogP contribution in [0.4, 0.5) is 10.1 Å². The zero-order chi connectivity index (χ0) is 12.8. The highest BCUT2D eigenvalue weighted by Crippen LogP contribution is 2.16. The van der Waals surface area contributed by atoms with Gasteiger partial charge in [0.1, 0.15) is 5.82 Å². The number of carbonyl (C=O) groups excluding carboxylic acids is 2. The van der Waals surface area contributed by atoms with Crippen LogP contribution in [-0.4, -0.2) is 24.9 Å². The number of nitrogens with one attached hydrogen (secondary N) is 2. The Balaban J connectivity index is 2.68. The first-order valence-electron chi connectivity index (χ1n) is 5.10. The smallest absolute Gasteiger partial charge is 0.313 e. The van der Waals surface area contributed by atoms with Gasteiger partial charge in [0.05, 0.1) is 0 Å². The quantitative estimate of drug-likeness (QED) is 0.656. The summed E-state index contributed by atoms with van der Waals surface area (Å²) in [6, 6.07) is 4.25. The largest absolute Gasteiger partial charge is 0.347 e. The molecule has 17 heavy (non-hydrogen) atoms. The Labute approximate surface area is 98.2 Å². The second-order valence-corrected chi connectivity index (χ2v) is 3.41. The van der Waals surface area contributed by atoms with Gasteiger partial charge in [-0.15, -0.1) is 0 Å². The minimum atomic E-state index is -0.841. The third-order valence-corrected chi connectivity index (χ3v) is 2.15. The molecule has 0 aromatic heterocycles. The van der Waals surface area contributed by atoms with Crippen molar-refractivity contribution in [3.63, 3.8) is 0 Å². The lowest BCUT2D eigenvalue weighted by Gasteiger charge is -2.08. The molecule has 0 saturated heterocycles. The molecule has 0 heterocycles. The lowest BCUT2D eigenvalue weighted by atomic mass is 10.2. The molecule has 4 N–H and O–H groups in total. The van der Waals surface area contributed by atoms with E-state index in [1.807, 2.05) is 0 Å². The van der Waals surface area contributed by atoms with E-state index in [4.69, 9.17) is 5.73 Å². The Kier molecular flexibility index (Phi) is 4.59. The molecule has 92 valence electrons. The van der Waals surface area contributed by atoms with E-state index in [1.54, 1.807) is 0 Å². The molecule has 0 aliphatic carbocycles. The topological polar surface area (TPSA) is 84.2 Å². The fraction of sp³-hybridized carbons (Fsp3) is 0.273. The summed E-state index contributed by atoms with van der Waals surface area (Å²) in [4.78, 5) is 22.6. The van der Waals surface area contributed by atoms with Gasteiger partial charge < -0.3 is 16.4 Å². The molecule has 0 atom stereocenters. The van der Waals surface area contributed by atoms with E-state index in [2.05, 4.69) is 10.6 Å². The van der Waals surface area contributed by atoms with Gasteiger partial charge in [-0.25, -0.2) is 4.39 Å². The van der Waals surface area contributed by atoms with Crippen LogP contribution in [0, 0.1) is 12.7 Å². The molecule has 0 saturated carbocycles. The SMILES string of the molecule is Cc1c(F)cccc1NC(=O)C(=O)NCCN. The molecular weight excluding hydrogens is 225 g/mol. The van der Waals surface area contributed by atoms with Gasteiger partial charge in [0.25, 0.3) is 0 Å². The molecule has 0 unspecified atom stereocenters. The summed E-state index contributed by atoms with van der Waals surface area (Å²) in [6.07, 6.45) is 0. The molecule has 0 radical (unpaired) electrons. The van der Waals surface area contributed by atoms with Gasteiger partial charge in [0, 0.05) is 24.3 Å². The van der Waals surface area contributed by atoms with E-state index in [0.717, 1.165) is 0 Å². The van der Waals surface area contributed by atoms with Crippen LogP contribution in [-0.2, 0) is 9.59 Å². The fourth-order valence-corrected chi connectivity index (χ4v) is 1.19. The predicted octanol–water partition coefficient (Wildman–Crippen LogP) is 0.148. The van der Waals surface area contributed by atoms with Gasteiger partial charge in [0.2, 0.25) is 0 Å². The van der Waals surface area contributed by atoms with Gasteiger partial charge in [-0.1, -0.05) is 6.07 Å². The van der Waals surface area contributed by atoms with Crippen molar-refractivity contribution in [3.05, 3.63) is 29.6 Å². The molecule has 2 amide bonds. The molecule has 0 aliphatic heterocycles. The minimum absolute atomic E-state index is 0.217. The van der Waals surface area contributed by atoms with Crippen LogP contribution < -0.4 is 16.4 Å². The maximum atomic E-state index is 13.2. The molecule has 0 aliphatic rings. The highest BCUT2D eigenvalue weighted by Gasteiger charge is 2.14. The molecule has 6 heteroatoms. The Hall–Kier alpha value is -1.95. The number of anilines is 1. The van der Waals surface area contributed by atoms with Crippen molar-refractivity contribution in [1.29, 1.82) is 0 Å². The Bertz CT molecular complexity index is 435. The lowest BCUT2D eigenvalue weighted by Crippen LogP contribution is -2.38. The summed E-state index contributed by atoms with van der Waals surface area (Å²) in [5, 5.41) is 4.64. The first-order chi connectivity index (χ1) is 8.06. The van der Waals surface area contributed by atoms with Crippen molar-refractivity contribution >= 4 is 17.5 Å². The van der Waals surface area contributed by atoms with Crippen molar-refractivity contribution in [2.75, 3.05) is 18.4 Å². The second kappa shape index (κ2) is 5.95. The Morgan fingerprint density at radius 2 is 2.06 bits per heavy atom. The third-order valence-electron chi connectivity index (χ3n) is 2.15. The summed E-state index contributed by atoms with van der Waals surface area (Å²) in [5.41, 5.74) is 5.74. The van der Waals surface area contributed by atoms with Crippen LogP contribution in [0.3, 0.4) is 0 Å². The number of nitrogens with two attached hydrogens (primary N) is 1. The van der Waals surface area contributed by atoms with Crippen LogP contribution in [0.2, 0.25) is 0 Å². The van der Waals surface area contributed by atoms with E-state index in [1.165, 1.54) is 25.1 Å². The Morgan fingerprint density at radius 1 is 1.35 bits per heavy atom. The van der Waals surface area contributed by atoms with Crippen LogP contribution in [0.25, 0.3) is 0 Å². The maximum Gasteiger partial charge on any atom is 0.313 e. The number of carbonyl (C=O) groups is 2. The van der Waals surface area contributed by atoms with E-state index in [9.17, 15) is 14.0 Å². The zero-order valence-electron chi connectivity index (χ0n) is 9.42.